The van der Waals surface area contributed by atoms with E-state index in [1.165, 1.54) is 27.6 Å². The summed E-state index contributed by atoms with van der Waals surface area (Å²) < 4.78 is 0. The lowest BCUT2D eigenvalue weighted by molar-refractivity contribution is 1.28. The Balaban J connectivity index is 1.07. The van der Waals surface area contributed by atoms with Crippen LogP contribution in [0.2, 0.25) is 0 Å². The van der Waals surface area contributed by atoms with Gasteiger partial charge in [0.1, 0.15) is 0 Å². The summed E-state index contributed by atoms with van der Waals surface area (Å²) in [5.41, 5.74) is 13.7. The van der Waals surface area contributed by atoms with E-state index in [0.717, 1.165) is 66.8 Å². The number of hydrogen-bond acceptors (Lipinski definition) is 3. The van der Waals surface area contributed by atoms with Crippen molar-refractivity contribution in [2.45, 2.75) is 0 Å². The van der Waals surface area contributed by atoms with E-state index in [1.807, 2.05) is 12.1 Å². The third-order valence-electron chi connectivity index (χ3n) is 10.4. The van der Waals surface area contributed by atoms with Crippen LogP contribution in [0, 0.1) is 0 Å². The lowest BCUT2D eigenvalue weighted by Gasteiger charge is -2.25. The molecule has 1 aromatic heterocycles. The van der Waals surface area contributed by atoms with Crippen molar-refractivity contribution in [2.75, 3.05) is 4.90 Å². The second-order valence-electron chi connectivity index (χ2n) is 13.8. The van der Waals surface area contributed by atoms with E-state index >= 15 is 0 Å². The van der Waals surface area contributed by atoms with Crippen LogP contribution in [0.5, 0.6) is 0 Å². The molecule has 0 aliphatic heterocycles. The Morgan fingerprint density at radius 1 is 0.327 bits per heavy atom. The van der Waals surface area contributed by atoms with Crippen LogP contribution in [0.3, 0.4) is 0 Å². The molecule has 0 bridgehead atoms. The van der Waals surface area contributed by atoms with Gasteiger partial charge in [0, 0.05) is 33.6 Å². The number of nitrogens with zero attached hydrogens (tertiary/aromatic N) is 3. The van der Waals surface area contributed by atoms with Crippen LogP contribution in [-0.4, -0.2) is 9.97 Å². The van der Waals surface area contributed by atoms with Gasteiger partial charge in [-0.15, -0.1) is 0 Å². The standard InChI is InChI=1S/C52H35N3/c1-5-15-38(16-6-1)50-51(39-17-7-2-8-18-39)54-52-48(53-50)34-30-37-25-26-41-35-40(29-33-47(41)49(37)52)46-24-14-13-23-45(46)36-27-31-44(32-28-36)55(42-19-9-3-10-20-42)43-21-11-4-12-22-43/h1-35H. The summed E-state index contributed by atoms with van der Waals surface area (Å²) in [5.74, 6) is 0. The summed E-state index contributed by atoms with van der Waals surface area (Å²) in [6, 6.07) is 75.0. The fourth-order valence-electron chi connectivity index (χ4n) is 7.81. The van der Waals surface area contributed by atoms with Crippen LogP contribution >= 0.6 is 0 Å². The zero-order valence-corrected chi connectivity index (χ0v) is 30.0. The third kappa shape index (κ3) is 5.98. The molecule has 258 valence electrons. The molecule has 0 aliphatic rings. The van der Waals surface area contributed by atoms with Crippen LogP contribution in [-0.2, 0) is 0 Å². The van der Waals surface area contributed by atoms with Crippen molar-refractivity contribution in [1.82, 2.24) is 9.97 Å². The zero-order valence-electron chi connectivity index (χ0n) is 30.0. The molecule has 1 heterocycles. The third-order valence-corrected chi connectivity index (χ3v) is 10.4. The van der Waals surface area contributed by atoms with E-state index in [-0.39, 0.29) is 0 Å². The predicted octanol–water partition coefficient (Wildman–Crippen LogP) is 14.1. The molecule has 0 radical (unpaired) electrons. The number of para-hydroxylation sites is 2. The number of rotatable bonds is 7. The number of aromatic nitrogens is 2. The molecule has 0 saturated heterocycles. The first-order valence-electron chi connectivity index (χ1n) is 18.7. The van der Waals surface area contributed by atoms with Gasteiger partial charge in [0.2, 0.25) is 0 Å². The van der Waals surface area contributed by atoms with E-state index in [1.54, 1.807) is 0 Å². The quantitative estimate of drug-likeness (QED) is 0.155. The molecular weight excluding hydrogens is 667 g/mol. The Morgan fingerprint density at radius 3 is 1.42 bits per heavy atom. The number of anilines is 3. The molecule has 0 aliphatic carbocycles. The topological polar surface area (TPSA) is 29.0 Å². The monoisotopic (exact) mass is 701 g/mol. The Labute approximate surface area is 320 Å². The Hall–Kier alpha value is -7.36. The summed E-state index contributed by atoms with van der Waals surface area (Å²) in [6.07, 6.45) is 0. The van der Waals surface area contributed by atoms with Gasteiger partial charge in [0.25, 0.3) is 0 Å². The van der Waals surface area contributed by atoms with E-state index in [9.17, 15) is 0 Å². The van der Waals surface area contributed by atoms with Crippen LogP contribution in [0.25, 0.3) is 77.3 Å². The first kappa shape index (κ1) is 32.3. The van der Waals surface area contributed by atoms with Crippen LogP contribution < -0.4 is 4.90 Å². The number of fused-ring (bicyclic) bond motifs is 5. The zero-order chi connectivity index (χ0) is 36.6. The van der Waals surface area contributed by atoms with Gasteiger partial charge in [0.05, 0.1) is 22.4 Å². The van der Waals surface area contributed by atoms with Gasteiger partial charge in [-0.05, 0) is 86.9 Å². The molecule has 0 fully saturated rings. The van der Waals surface area contributed by atoms with Crippen LogP contribution in [0.1, 0.15) is 0 Å². The molecular formula is C52H35N3. The molecule has 10 rings (SSSR count). The molecule has 0 atom stereocenters. The summed E-state index contributed by atoms with van der Waals surface area (Å²) >= 11 is 0. The molecule has 55 heavy (non-hydrogen) atoms. The van der Waals surface area contributed by atoms with Crippen LogP contribution in [0.4, 0.5) is 17.1 Å². The summed E-state index contributed by atoms with van der Waals surface area (Å²) in [5, 5.41) is 4.60. The molecule has 10 aromatic rings. The van der Waals surface area contributed by atoms with Gasteiger partial charge < -0.3 is 4.90 Å². The van der Waals surface area contributed by atoms with Gasteiger partial charge >= 0.3 is 0 Å². The Morgan fingerprint density at radius 2 is 0.800 bits per heavy atom. The number of hydrogen-bond donors (Lipinski definition) is 0. The van der Waals surface area contributed by atoms with Gasteiger partial charge in [-0.25, -0.2) is 9.97 Å². The van der Waals surface area contributed by atoms with Crippen molar-refractivity contribution < 1.29 is 0 Å². The lowest BCUT2D eigenvalue weighted by atomic mass is 9.92. The van der Waals surface area contributed by atoms with Gasteiger partial charge in [0.15, 0.2) is 0 Å². The van der Waals surface area contributed by atoms with E-state index in [2.05, 4.69) is 205 Å². The Kier molecular flexibility index (Phi) is 8.16. The smallest absolute Gasteiger partial charge is 0.0979 e. The van der Waals surface area contributed by atoms with Crippen molar-refractivity contribution in [2.24, 2.45) is 0 Å². The average molecular weight is 702 g/mol. The fraction of sp³-hybridized carbons (Fsp3) is 0. The van der Waals surface area contributed by atoms with E-state index in [0.29, 0.717) is 0 Å². The number of benzene rings is 9. The molecule has 0 saturated carbocycles. The predicted molar refractivity (Wildman–Crippen MR) is 231 cm³/mol. The highest BCUT2D eigenvalue weighted by Gasteiger charge is 2.17. The van der Waals surface area contributed by atoms with Crippen molar-refractivity contribution in [3.63, 3.8) is 0 Å². The molecule has 0 unspecified atom stereocenters. The Bertz CT molecular complexity index is 2900. The second-order valence-corrected chi connectivity index (χ2v) is 13.8. The molecule has 3 heteroatoms. The molecule has 0 spiro atoms. The SMILES string of the molecule is c1ccc(-c2nc3ccc4ccc5cc(-c6ccccc6-c6ccc(N(c7ccccc7)c7ccccc7)cc6)ccc5c4c3nc2-c2ccccc2)cc1. The average Bonchev–Trinajstić information content (AvgIpc) is 3.27. The van der Waals surface area contributed by atoms with Crippen molar-refractivity contribution >= 4 is 49.6 Å². The maximum absolute atomic E-state index is 5.43. The van der Waals surface area contributed by atoms with Gasteiger partial charge in [-0.3, -0.25) is 0 Å². The first-order chi connectivity index (χ1) is 27.3. The maximum atomic E-state index is 5.43. The highest BCUT2D eigenvalue weighted by Crippen LogP contribution is 2.40. The summed E-state index contributed by atoms with van der Waals surface area (Å²) in [7, 11) is 0. The highest BCUT2D eigenvalue weighted by molar-refractivity contribution is 6.19. The minimum Gasteiger partial charge on any atom is -0.311 e. The second kappa shape index (κ2) is 13.9. The first-order valence-corrected chi connectivity index (χ1v) is 18.7. The summed E-state index contributed by atoms with van der Waals surface area (Å²) in [6.45, 7) is 0. The van der Waals surface area contributed by atoms with Gasteiger partial charge in [-0.2, -0.15) is 0 Å². The highest BCUT2D eigenvalue weighted by atomic mass is 15.1. The normalized spacial score (nSPS) is 11.3. The fourth-order valence-corrected chi connectivity index (χ4v) is 7.81. The van der Waals surface area contributed by atoms with E-state index < -0.39 is 0 Å². The molecule has 0 amide bonds. The maximum Gasteiger partial charge on any atom is 0.0979 e. The van der Waals surface area contributed by atoms with E-state index in [4.69, 9.17) is 9.97 Å². The minimum atomic E-state index is 0.884. The molecule has 9 aromatic carbocycles. The lowest BCUT2D eigenvalue weighted by Crippen LogP contribution is -2.09. The minimum absolute atomic E-state index is 0.884. The molecule has 3 nitrogen and oxygen atoms in total. The van der Waals surface area contributed by atoms with Crippen molar-refractivity contribution in [3.05, 3.63) is 212 Å². The molecule has 0 N–H and O–H groups in total. The van der Waals surface area contributed by atoms with Crippen LogP contribution in [0.15, 0.2) is 212 Å². The largest absolute Gasteiger partial charge is 0.311 e. The van der Waals surface area contributed by atoms with Gasteiger partial charge in [-0.1, -0.05) is 164 Å². The van der Waals surface area contributed by atoms with Crippen molar-refractivity contribution in [3.8, 4) is 44.8 Å². The van der Waals surface area contributed by atoms with Crippen molar-refractivity contribution in [1.29, 1.82) is 0 Å². The summed E-state index contributed by atoms with van der Waals surface area (Å²) in [4.78, 5) is 13.0.